The van der Waals surface area contributed by atoms with Gasteiger partial charge in [-0.15, -0.1) is 0 Å². The molecule has 1 aliphatic carbocycles. The monoisotopic (exact) mass is 409 g/mol. The number of hydrogen-bond donors (Lipinski definition) is 1. The average Bonchev–Trinajstić information content (AvgIpc) is 3.11. The van der Waals surface area contributed by atoms with Gasteiger partial charge >= 0.3 is 0 Å². The highest BCUT2D eigenvalue weighted by molar-refractivity contribution is 9.11. The highest BCUT2D eigenvalue weighted by Crippen LogP contribution is 2.51. The number of rotatable bonds is 5. The van der Waals surface area contributed by atoms with Crippen molar-refractivity contribution in [3.05, 3.63) is 27.1 Å². The zero-order valence-corrected chi connectivity index (χ0v) is 14.9. The predicted octanol–water partition coefficient (Wildman–Crippen LogP) is 3.93. The summed E-state index contributed by atoms with van der Waals surface area (Å²) in [4.78, 5) is 0.279. The SMILES string of the molecule is CC(C)C1(CNS(=O)(=O)c2cc(Br)ccc2Br)CC1. The van der Waals surface area contributed by atoms with Crippen LogP contribution in [0.4, 0.5) is 0 Å². The van der Waals surface area contributed by atoms with E-state index in [1.165, 1.54) is 0 Å². The molecule has 1 aliphatic rings. The normalized spacial score (nSPS) is 17.7. The van der Waals surface area contributed by atoms with Crippen molar-refractivity contribution >= 4 is 41.9 Å². The maximum atomic E-state index is 12.3. The predicted molar refractivity (Wildman–Crippen MR) is 83.5 cm³/mol. The van der Waals surface area contributed by atoms with Crippen LogP contribution in [0.1, 0.15) is 26.7 Å². The molecule has 1 N–H and O–H groups in total. The van der Waals surface area contributed by atoms with Crippen LogP contribution in [0.15, 0.2) is 32.0 Å². The topological polar surface area (TPSA) is 46.2 Å². The minimum absolute atomic E-state index is 0.158. The molecule has 19 heavy (non-hydrogen) atoms. The maximum Gasteiger partial charge on any atom is 0.241 e. The molecule has 0 unspecified atom stereocenters. The Labute approximate surface area is 131 Å². The third kappa shape index (κ3) is 3.40. The van der Waals surface area contributed by atoms with Gasteiger partial charge in [0.2, 0.25) is 10.0 Å². The minimum atomic E-state index is -3.47. The Morgan fingerprint density at radius 1 is 1.32 bits per heavy atom. The van der Waals surface area contributed by atoms with E-state index in [4.69, 9.17) is 0 Å². The molecule has 3 nitrogen and oxygen atoms in total. The lowest BCUT2D eigenvalue weighted by atomic mass is 9.93. The minimum Gasteiger partial charge on any atom is -0.211 e. The molecule has 2 rings (SSSR count). The van der Waals surface area contributed by atoms with E-state index in [0.717, 1.165) is 17.3 Å². The first kappa shape index (κ1) is 15.5. The van der Waals surface area contributed by atoms with Crippen LogP contribution < -0.4 is 4.72 Å². The van der Waals surface area contributed by atoms with Crippen molar-refractivity contribution in [2.45, 2.75) is 31.6 Å². The molecular weight excluding hydrogens is 394 g/mol. The highest BCUT2D eigenvalue weighted by Gasteiger charge is 2.45. The van der Waals surface area contributed by atoms with Gasteiger partial charge in [0, 0.05) is 15.5 Å². The molecule has 0 aliphatic heterocycles. The second kappa shape index (κ2) is 5.47. The molecule has 6 heteroatoms. The molecule has 0 bridgehead atoms. The lowest BCUT2D eigenvalue weighted by molar-refractivity contribution is 0.357. The van der Waals surface area contributed by atoms with E-state index in [1.54, 1.807) is 18.2 Å². The van der Waals surface area contributed by atoms with Gasteiger partial charge < -0.3 is 0 Å². The Morgan fingerprint density at radius 3 is 2.47 bits per heavy atom. The van der Waals surface area contributed by atoms with Crippen molar-refractivity contribution < 1.29 is 8.42 Å². The molecule has 0 aromatic heterocycles. The molecule has 0 radical (unpaired) electrons. The van der Waals surface area contributed by atoms with Crippen LogP contribution in [0.3, 0.4) is 0 Å². The first-order chi connectivity index (χ1) is 8.77. The zero-order valence-electron chi connectivity index (χ0n) is 10.9. The Morgan fingerprint density at radius 2 is 1.95 bits per heavy atom. The average molecular weight is 411 g/mol. The van der Waals surface area contributed by atoms with Gasteiger partial charge in [-0.2, -0.15) is 0 Å². The molecule has 0 amide bonds. The smallest absolute Gasteiger partial charge is 0.211 e. The van der Waals surface area contributed by atoms with Crippen LogP contribution in [0.2, 0.25) is 0 Å². The van der Waals surface area contributed by atoms with Crippen molar-refractivity contribution in [1.82, 2.24) is 4.72 Å². The van der Waals surface area contributed by atoms with Crippen molar-refractivity contribution in [2.75, 3.05) is 6.54 Å². The zero-order chi connectivity index (χ0) is 14.3. The molecule has 1 aromatic carbocycles. The van der Waals surface area contributed by atoms with Crippen molar-refractivity contribution in [3.8, 4) is 0 Å². The van der Waals surface area contributed by atoms with E-state index in [0.29, 0.717) is 16.9 Å². The molecule has 0 atom stereocenters. The number of halogens is 2. The van der Waals surface area contributed by atoms with Gasteiger partial charge in [0.25, 0.3) is 0 Å². The molecular formula is C13H17Br2NO2S. The Bertz CT molecular complexity index is 580. The molecule has 106 valence electrons. The molecule has 1 saturated carbocycles. The summed E-state index contributed by atoms with van der Waals surface area (Å²) in [7, 11) is -3.47. The molecule has 0 spiro atoms. The standard InChI is InChI=1S/C13H17Br2NO2S/c1-9(2)13(5-6-13)8-16-19(17,18)12-7-10(14)3-4-11(12)15/h3-4,7,9,16H,5-6,8H2,1-2H3. The Kier molecular flexibility index (Phi) is 4.45. The molecule has 1 aromatic rings. The summed E-state index contributed by atoms with van der Waals surface area (Å²) >= 11 is 6.59. The van der Waals surface area contributed by atoms with E-state index in [2.05, 4.69) is 50.4 Å². The van der Waals surface area contributed by atoms with E-state index in [9.17, 15) is 8.42 Å². The van der Waals surface area contributed by atoms with E-state index < -0.39 is 10.0 Å². The summed E-state index contributed by atoms with van der Waals surface area (Å²) in [5.41, 5.74) is 0.158. The van der Waals surface area contributed by atoms with E-state index >= 15 is 0 Å². The summed E-state index contributed by atoms with van der Waals surface area (Å²) in [5.74, 6) is 0.501. The quantitative estimate of drug-likeness (QED) is 0.799. The van der Waals surface area contributed by atoms with Gasteiger partial charge in [-0.3, -0.25) is 0 Å². The van der Waals surface area contributed by atoms with Gasteiger partial charge in [0.15, 0.2) is 0 Å². The van der Waals surface area contributed by atoms with Crippen molar-refractivity contribution in [1.29, 1.82) is 0 Å². The molecule has 1 fully saturated rings. The lowest BCUT2D eigenvalue weighted by Crippen LogP contribution is -2.32. The van der Waals surface area contributed by atoms with Crippen LogP contribution >= 0.6 is 31.9 Å². The Hall–Kier alpha value is 0.0900. The Balaban J connectivity index is 2.17. The van der Waals surface area contributed by atoms with Crippen LogP contribution in [-0.2, 0) is 10.0 Å². The van der Waals surface area contributed by atoms with Gasteiger partial charge in [0.1, 0.15) is 0 Å². The number of benzene rings is 1. The fourth-order valence-electron chi connectivity index (χ4n) is 2.12. The molecule has 0 heterocycles. The third-order valence-corrected chi connectivity index (χ3v) is 6.80. The van der Waals surface area contributed by atoms with Crippen LogP contribution in [0.5, 0.6) is 0 Å². The first-order valence-corrected chi connectivity index (χ1v) is 9.28. The summed E-state index contributed by atoms with van der Waals surface area (Å²) in [6.07, 6.45) is 2.21. The van der Waals surface area contributed by atoms with Crippen LogP contribution in [-0.4, -0.2) is 15.0 Å². The largest absolute Gasteiger partial charge is 0.241 e. The summed E-state index contributed by atoms with van der Waals surface area (Å²) in [6, 6.07) is 5.15. The summed E-state index contributed by atoms with van der Waals surface area (Å²) in [6.45, 7) is 4.82. The second-order valence-electron chi connectivity index (χ2n) is 5.42. The van der Waals surface area contributed by atoms with Crippen LogP contribution in [0, 0.1) is 11.3 Å². The second-order valence-corrected chi connectivity index (χ2v) is 8.92. The molecule has 0 saturated heterocycles. The summed E-state index contributed by atoms with van der Waals surface area (Å²) in [5, 5.41) is 0. The lowest BCUT2D eigenvalue weighted by Gasteiger charge is -2.20. The number of hydrogen-bond acceptors (Lipinski definition) is 2. The first-order valence-electron chi connectivity index (χ1n) is 6.22. The van der Waals surface area contributed by atoms with E-state index in [-0.39, 0.29) is 10.3 Å². The summed E-state index contributed by atoms with van der Waals surface area (Å²) < 4.78 is 28.8. The van der Waals surface area contributed by atoms with Gasteiger partial charge in [-0.1, -0.05) is 29.8 Å². The van der Waals surface area contributed by atoms with Crippen molar-refractivity contribution in [2.24, 2.45) is 11.3 Å². The fourth-order valence-corrected chi connectivity index (χ4v) is 4.76. The van der Waals surface area contributed by atoms with Gasteiger partial charge in [-0.05, 0) is 58.3 Å². The van der Waals surface area contributed by atoms with Crippen LogP contribution in [0.25, 0.3) is 0 Å². The van der Waals surface area contributed by atoms with E-state index in [1.807, 2.05) is 0 Å². The maximum absolute atomic E-state index is 12.3. The number of sulfonamides is 1. The fraction of sp³-hybridized carbons (Fsp3) is 0.538. The highest BCUT2D eigenvalue weighted by atomic mass is 79.9. The van der Waals surface area contributed by atoms with Gasteiger partial charge in [0.05, 0.1) is 4.90 Å². The van der Waals surface area contributed by atoms with Crippen molar-refractivity contribution in [3.63, 3.8) is 0 Å². The van der Waals surface area contributed by atoms with Gasteiger partial charge in [-0.25, -0.2) is 13.1 Å². The number of nitrogens with one attached hydrogen (secondary N) is 1. The third-order valence-electron chi connectivity index (χ3n) is 3.91.